The van der Waals surface area contributed by atoms with Crippen LogP contribution in [0.4, 0.5) is 0 Å². The molecule has 1 aromatic heterocycles. The van der Waals surface area contributed by atoms with Crippen LogP contribution in [0.1, 0.15) is 38.6 Å². The predicted molar refractivity (Wildman–Crippen MR) is 102 cm³/mol. The zero-order valence-corrected chi connectivity index (χ0v) is 15.8. The minimum atomic E-state index is -0.0146. The van der Waals surface area contributed by atoms with Crippen LogP contribution in [0.5, 0.6) is 0 Å². The van der Waals surface area contributed by atoms with Crippen molar-refractivity contribution in [3.8, 4) is 0 Å². The number of nitrogens with one attached hydrogen (secondary N) is 1. The lowest BCUT2D eigenvalue weighted by molar-refractivity contribution is 0.0332. The van der Waals surface area contributed by atoms with E-state index in [4.69, 9.17) is 4.74 Å². The molecule has 134 valence electrons. The molecule has 0 radical (unpaired) electrons. The number of ether oxygens (including phenoxy) is 1. The molecule has 0 aliphatic carbocycles. The fourth-order valence-corrected chi connectivity index (χ4v) is 4.19. The number of hydrogen-bond acceptors (Lipinski definition) is 4. The summed E-state index contributed by atoms with van der Waals surface area (Å²) in [7, 11) is 0. The first-order chi connectivity index (χ1) is 12.2. The maximum absolute atomic E-state index is 12.8. The minimum absolute atomic E-state index is 0.0146. The number of carbonyl (C=O) groups is 1. The second-order valence-corrected chi connectivity index (χ2v) is 7.56. The molecular weight excluding hydrogens is 332 g/mol. The van der Waals surface area contributed by atoms with Crippen molar-refractivity contribution < 1.29 is 9.53 Å². The average molecular weight is 359 g/mol. The van der Waals surface area contributed by atoms with Gasteiger partial charge in [-0.15, -0.1) is 11.3 Å². The molecule has 1 aliphatic heterocycles. The summed E-state index contributed by atoms with van der Waals surface area (Å²) in [6.45, 7) is 8.37. The molecule has 0 spiro atoms. The van der Waals surface area contributed by atoms with Crippen LogP contribution in [0.25, 0.3) is 0 Å². The van der Waals surface area contributed by atoms with Gasteiger partial charge in [0.15, 0.2) is 0 Å². The number of morpholine rings is 1. The Kier molecular flexibility index (Phi) is 6.24. The molecule has 1 aromatic carbocycles. The Hall–Kier alpha value is -1.69. The number of thiophene rings is 1. The molecule has 3 rings (SSSR count). The van der Waals surface area contributed by atoms with Crippen molar-refractivity contribution in [1.29, 1.82) is 0 Å². The van der Waals surface area contributed by atoms with Crippen molar-refractivity contribution in [3.63, 3.8) is 0 Å². The molecule has 1 aliphatic rings. The first-order valence-electron chi connectivity index (χ1n) is 8.92. The van der Waals surface area contributed by atoms with Gasteiger partial charge in [0.25, 0.3) is 5.91 Å². The topological polar surface area (TPSA) is 41.6 Å². The molecular formula is C20H26N2O2S. The van der Waals surface area contributed by atoms with Gasteiger partial charge in [-0.1, -0.05) is 37.3 Å². The number of amides is 1. The monoisotopic (exact) mass is 358 g/mol. The molecule has 1 saturated heterocycles. The van der Waals surface area contributed by atoms with Crippen molar-refractivity contribution >= 4 is 17.2 Å². The lowest BCUT2D eigenvalue weighted by Crippen LogP contribution is -2.43. The summed E-state index contributed by atoms with van der Waals surface area (Å²) in [4.78, 5) is 17.3. The van der Waals surface area contributed by atoms with E-state index in [0.717, 1.165) is 49.7 Å². The Balaban J connectivity index is 1.75. The van der Waals surface area contributed by atoms with Gasteiger partial charge in [-0.3, -0.25) is 9.69 Å². The van der Waals surface area contributed by atoms with E-state index < -0.39 is 0 Å². The van der Waals surface area contributed by atoms with Crippen LogP contribution in [0.3, 0.4) is 0 Å². The quantitative estimate of drug-likeness (QED) is 0.860. The molecule has 4 nitrogen and oxygen atoms in total. The van der Waals surface area contributed by atoms with Crippen molar-refractivity contribution in [3.05, 3.63) is 57.3 Å². The minimum Gasteiger partial charge on any atom is -0.379 e. The lowest BCUT2D eigenvalue weighted by Gasteiger charge is -2.31. The number of rotatable bonds is 6. The van der Waals surface area contributed by atoms with Gasteiger partial charge in [0.2, 0.25) is 0 Å². The van der Waals surface area contributed by atoms with Crippen molar-refractivity contribution in [1.82, 2.24) is 10.2 Å². The summed E-state index contributed by atoms with van der Waals surface area (Å²) in [5.74, 6) is 0.0231. The van der Waals surface area contributed by atoms with Crippen LogP contribution in [0, 0.1) is 6.92 Å². The van der Waals surface area contributed by atoms with Gasteiger partial charge < -0.3 is 10.1 Å². The van der Waals surface area contributed by atoms with Crippen LogP contribution >= 0.6 is 11.3 Å². The predicted octanol–water partition coefficient (Wildman–Crippen LogP) is 3.42. The summed E-state index contributed by atoms with van der Waals surface area (Å²) in [5.41, 5.74) is 2.36. The standard InChI is InChI=1S/C20H26N2O2S/c1-3-18-15(2)13-19(25-18)20(23)21-17(16-7-5-4-6-8-16)14-22-9-11-24-12-10-22/h4-8,13,17H,3,9-12,14H2,1-2H3,(H,21,23). The highest BCUT2D eigenvalue weighted by Gasteiger charge is 2.21. The van der Waals surface area contributed by atoms with Gasteiger partial charge in [-0.05, 0) is 30.5 Å². The van der Waals surface area contributed by atoms with Crippen LogP contribution in [0.15, 0.2) is 36.4 Å². The molecule has 2 aromatic rings. The van der Waals surface area contributed by atoms with Crippen molar-refractivity contribution in [2.75, 3.05) is 32.8 Å². The fourth-order valence-electron chi connectivity index (χ4n) is 3.17. The van der Waals surface area contributed by atoms with E-state index in [9.17, 15) is 4.79 Å². The number of carbonyl (C=O) groups excluding carboxylic acids is 1. The third-order valence-electron chi connectivity index (χ3n) is 4.62. The summed E-state index contributed by atoms with van der Waals surface area (Å²) in [6.07, 6.45) is 0.972. The summed E-state index contributed by atoms with van der Waals surface area (Å²) in [5, 5.41) is 3.25. The molecule has 0 saturated carbocycles. The largest absolute Gasteiger partial charge is 0.379 e. The van der Waals surface area contributed by atoms with E-state index in [1.54, 1.807) is 11.3 Å². The number of hydrogen-bond donors (Lipinski definition) is 1. The molecule has 2 heterocycles. The van der Waals surface area contributed by atoms with Crippen molar-refractivity contribution in [2.24, 2.45) is 0 Å². The maximum Gasteiger partial charge on any atom is 0.261 e. The van der Waals surface area contributed by atoms with E-state index in [0.29, 0.717) is 0 Å². The molecule has 1 N–H and O–H groups in total. The van der Waals surface area contributed by atoms with Crippen LogP contribution in [-0.4, -0.2) is 43.7 Å². The highest BCUT2D eigenvalue weighted by Crippen LogP contribution is 2.23. The van der Waals surface area contributed by atoms with Crippen molar-refractivity contribution in [2.45, 2.75) is 26.3 Å². The average Bonchev–Trinajstić information content (AvgIpc) is 3.04. The smallest absolute Gasteiger partial charge is 0.261 e. The highest BCUT2D eigenvalue weighted by molar-refractivity contribution is 7.14. The van der Waals surface area contributed by atoms with Gasteiger partial charge in [0.05, 0.1) is 24.1 Å². The lowest BCUT2D eigenvalue weighted by atomic mass is 10.1. The van der Waals surface area contributed by atoms with E-state index in [1.165, 1.54) is 10.4 Å². The molecule has 25 heavy (non-hydrogen) atoms. The van der Waals surface area contributed by atoms with Gasteiger partial charge in [0.1, 0.15) is 0 Å². The third-order valence-corrected chi connectivity index (χ3v) is 6.00. The Bertz CT molecular complexity index is 693. The second kappa shape index (κ2) is 8.61. The normalized spacial score (nSPS) is 16.6. The van der Waals surface area contributed by atoms with Gasteiger partial charge in [-0.25, -0.2) is 0 Å². The number of benzene rings is 1. The molecule has 1 atom stereocenters. The van der Waals surface area contributed by atoms with E-state index in [-0.39, 0.29) is 11.9 Å². The molecule has 1 unspecified atom stereocenters. The Labute approximate surface area is 153 Å². The Morgan fingerprint density at radius 1 is 1.28 bits per heavy atom. The van der Waals surface area contributed by atoms with Crippen LogP contribution < -0.4 is 5.32 Å². The zero-order chi connectivity index (χ0) is 17.6. The fraction of sp³-hybridized carbons (Fsp3) is 0.450. The SMILES string of the molecule is CCc1sc(C(=O)NC(CN2CCOCC2)c2ccccc2)cc1C. The van der Waals surface area contributed by atoms with Gasteiger partial charge in [0, 0.05) is 24.5 Å². The van der Waals surface area contributed by atoms with Gasteiger partial charge >= 0.3 is 0 Å². The van der Waals surface area contributed by atoms with Crippen LogP contribution in [-0.2, 0) is 11.2 Å². The second-order valence-electron chi connectivity index (χ2n) is 6.42. The first-order valence-corrected chi connectivity index (χ1v) is 9.74. The Morgan fingerprint density at radius 2 is 2.00 bits per heavy atom. The van der Waals surface area contributed by atoms with E-state index in [1.807, 2.05) is 24.3 Å². The third kappa shape index (κ3) is 4.69. The maximum atomic E-state index is 12.8. The summed E-state index contributed by atoms with van der Waals surface area (Å²) < 4.78 is 5.44. The summed E-state index contributed by atoms with van der Waals surface area (Å²) in [6, 6.07) is 12.2. The van der Waals surface area contributed by atoms with E-state index >= 15 is 0 Å². The Morgan fingerprint density at radius 3 is 2.64 bits per heavy atom. The van der Waals surface area contributed by atoms with E-state index in [2.05, 4.69) is 36.2 Å². The highest BCUT2D eigenvalue weighted by atomic mass is 32.1. The first kappa shape index (κ1) is 18.1. The van der Waals surface area contributed by atoms with Crippen LogP contribution in [0.2, 0.25) is 0 Å². The van der Waals surface area contributed by atoms with Gasteiger partial charge in [-0.2, -0.15) is 0 Å². The number of aryl methyl sites for hydroxylation is 2. The molecule has 1 amide bonds. The molecule has 1 fully saturated rings. The molecule has 5 heteroatoms. The zero-order valence-electron chi connectivity index (χ0n) is 15.0. The summed E-state index contributed by atoms with van der Waals surface area (Å²) >= 11 is 1.61. The number of nitrogens with zero attached hydrogens (tertiary/aromatic N) is 1. The molecule has 0 bridgehead atoms.